The van der Waals surface area contributed by atoms with Gasteiger partial charge in [0.15, 0.2) is 0 Å². The first kappa shape index (κ1) is 18.7. The fourth-order valence-electron chi connectivity index (χ4n) is 4.54. The van der Waals surface area contributed by atoms with Gasteiger partial charge in [-0.3, -0.25) is 19.5 Å². The monoisotopic (exact) mass is 386 g/mol. The van der Waals surface area contributed by atoms with Crippen LogP contribution >= 0.6 is 0 Å². The molecule has 1 spiro atoms. The molecule has 3 fully saturated rings. The van der Waals surface area contributed by atoms with Crippen molar-refractivity contribution in [3.8, 4) is 0 Å². The molecule has 0 saturated carbocycles. The first-order valence-electron chi connectivity index (χ1n) is 9.91. The second-order valence-corrected chi connectivity index (χ2v) is 8.06. The molecule has 28 heavy (non-hydrogen) atoms. The van der Waals surface area contributed by atoms with Gasteiger partial charge in [0.1, 0.15) is 13.2 Å². The van der Waals surface area contributed by atoms with Crippen molar-refractivity contribution in [3.05, 3.63) is 30.1 Å². The highest BCUT2D eigenvalue weighted by atomic mass is 16.6. The Morgan fingerprint density at radius 2 is 1.93 bits per heavy atom. The van der Waals surface area contributed by atoms with E-state index in [2.05, 4.69) is 4.98 Å². The molecule has 4 rings (SSSR count). The SMILES string of the molecule is O=C(CN1CCOC1=O)N1CCC[C@]2(CCC(=O)N(Cc3ccncc3)C2)C1. The molecular weight excluding hydrogens is 360 g/mol. The molecule has 0 aromatic carbocycles. The van der Waals surface area contributed by atoms with E-state index in [1.165, 1.54) is 4.90 Å². The Hall–Kier alpha value is -2.64. The average Bonchev–Trinajstić information content (AvgIpc) is 3.10. The largest absolute Gasteiger partial charge is 0.448 e. The van der Waals surface area contributed by atoms with Gasteiger partial charge in [0.2, 0.25) is 11.8 Å². The van der Waals surface area contributed by atoms with Crippen LogP contribution in [0.4, 0.5) is 4.79 Å². The van der Waals surface area contributed by atoms with E-state index >= 15 is 0 Å². The van der Waals surface area contributed by atoms with Crippen LogP contribution < -0.4 is 0 Å². The minimum atomic E-state index is -0.410. The molecule has 8 heteroatoms. The highest BCUT2D eigenvalue weighted by Crippen LogP contribution is 2.39. The summed E-state index contributed by atoms with van der Waals surface area (Å²) in [6, 6.07) is 3.86. The van der Waals surface area contributed by atoms with Crippen LogP contribution in [0, 0.1) is 5.41 Å². The zero-order chi connectivity index (χ0) is 19.6. The third-order valence-corrected chi connectivity index (χ3v) is 6.06. The van der Waals surface area contributed by atoms with Crippen LogP contribution in [-0.4, -0.2) is 76.9 Å². The standard InChI is InChI=1S/C20H26N4O4/c25-17-2-6-20(15-24(17)12-16-3-7-21-8-4-16)5-1-9-23(14-20)18(26)13-22-10-11-28-19(22)27/h3-4,7-8H,1-2,5-6,9-15H2/t20-/m0/s1. The smallest absolute Gasteiger partial charge is 0.410 e. The molecule has 0 unspecified atom stereocenters. The lowest BCUT2D eigenvalue weighted by Gasteiger charge is -2.48. The summed E-state index contributed by atoms with van der Waals surface area (Å²) in [5.41, 5.74) is 1.01. The highest BCUT2D eigenvalue weighted by molar-refractivity contribution is 5.83. The molecule has 0 N–H and O–H groups in total. The van der Waals surface area contributed by atoms with Gasteiger partial charge in [-0.1, -0.05) is 0 Å². The quantitative estimate of drug-likeness (QED) is 0.778. The van der Waals surface area contributed by atoms with Gasteiger partial charge in [0.25, 0.3) is 0 Å². The van der Waals surface area contributed by atoms with Crippen molar-refractivity contribution in [3.63, 3.8) is 0 Å². The molecule has 1 aromatic rings. The van der Waals surface area contributed by atoms with Gasteiger partial charge in [0, 0.05) is 50.4 Å². The van der Waals surface area contributed by atoms with Crippen LogP contribution in [0.1, 0.15) is 31.2 Å². The fraction of sp³-hybridized carbons (Fsp3) is 0.600. The number of piperidine rings is 2. The number of carbonyl (C=O) groups excluding carboxylic acids is 3. The lowest BCUT2D eigenvalue weighted by atomic mass is 9.73. The minimum Gasteiger partial charge on any atom is -0.448 e. The van der Waals surface area contributed by atoms with Crippen molar-refractivity contribution in [1.29, 1.82) is 0 Å². The minimum absolute atomic E-state index is 0.0319. The van der Waals surface area contributed by atoms with E-state index in [4.69, 9.17) is 4.74 Å². The predicted molar refractivity (Wildman–Crippen MR) is 100 cm³/mol. The van der Waals surface area contributed by atoms with Gasteiger partial charge < -0.3 is 14.5 Å². The highest BCUT2D eigenvalue weighted by Gasteiger charge is 2.43. The Morgan fingerprint density at radius 3 is 2.68 bits per heavy atom. The fourth-order valence-corrected chi connectivity index (χ4v) is 4.54. The number of nitrogens with zero attached hydrogens (tertiary/aromatic N) is 4. The number of likely N-dealkylation sites (tertiary alicyclic amines) is 2. The van der Waals surface area contributed by atoms with Gasteiger partial charge in [-0.15, -0.1) is 0 Å². The number of pyridine rings is 1. The number of rotatable bonds is 4. The maximum absolute atomic E-state index is 12.8. The summed E-state index contributed by atoms with van der Waals surface area (Å²) < 4.78 is 4.91. The molecule has 3 aliphatic heterocycles. The van der Waals surface area contributed by atoms with Gasteiger partial charge in [-0.25, -0.2) is 4.79 Å². The number of carbonyl (C=O) groups is 3. The predicted octanol–water partition coefficient (Wildman–Crippen LogP) is 1.26. The summed E-state index contributed by atoms with van der Waals surface area (Å²) in [5, 5.41) is 0. The number of cyclic esters (lactones) is 1. The van der Waals surface area contributed by atoms with Crippen LogP contribution in [0.2, 0.25) is 0 Å². The number of amides is 3. The maximum atomic E-state index is 12.8. The first-order valence-corrected chi connectivity index (χ1v) is 9.91. The Morgan fingerprint density at radius 1 is 1.11 bits per heavy atom. The van der Waals surface area contributed by atoms with Gasteiger partial charge in [-0.05, 0) is 37.0 Å². The molecule has 0 bridgehead atoms. The third kappa shape index (κ3) is 3.95. The van der Waals surface area contributed by atoms with Crippen LogP contribution in [0.15, 0.2) is 24.5 Å². The second-order valence-electron chi connectivity index (χ2n) is 8.06. The lowest BCUT2D eigenvalue weighted by Crippen LogP contribution is -2.56. The molecule has 3 amide bonds. The Kier molecular flexibility index (Phi) is 5.19. The number of ether oxygens (including phenoxy) is 1. The van der Waals surface area contributed by atoms with E-state index < -0.39 is 6.09 Å². The molecule has 3 saturated heterocycles. The van der Waals surface area contributed by atoms with E-state index in [0.29, 0.717) is 45.8 Å². The Bertz CT molecular complexity index is 756. The van der Waals surface area contributed by atoms with E-state index in [1.807, 2.05) is 21.9 Å². The number of aromatic nitrogens is 1. The van der Waals surface area contributed by atoms with E-state index in [-0.39, 0.29) is 23.8 Å². The molecule has 1 aromatic heterocycles. The zero-order valence-electron chi connectivity index (χ0n) is 16.0. The van der Waals surface area contributed by atoms with E-state index in [1.54, 1.807) is 12.4 Å². The van der Waals surface area contributed by atoms with Crippen molar-refractivity contribution in [2.75, 3.05) is 39.3 Å². The molecule has 0 radical (unpaired) electrons. The van der Waals surface area contributed by atoms with Gasteiger partial charge in [-0.2, -0.15) is 0 Å². The summed E-state index contributed by atoms with van der Waals surface area (Å²) in [4.78, 5) is 46.1. The Labute approximate surface area is 164 Å². The summed E-state index contributed by atoms with van der Waals surface area (Å²) >= 11 is 0. The molecule has 0 aliphatic carbocycles. The molecule has 3 aliphatic rings. The van der Waals surface area contributed by atoms with E-state index in [0.717, 1.165) is 24.8 Å². The van der Waals surface area contributed by atoms with Crippen LogP contribution in [0.3, 0.4) is 0 Å². The van der Waals surface area contributed by atoms with Crippen molar-refractivity contribution < 1.29 is 19.1 Å². The normalized spacial score (nSPS) is 25.4. The van der Waals surface area contributed by atoms with Gasteiger partial charge >= 0.3 is 6.09 Å². The molecule has 1 atom stereocenters. The summed E-state index contributed by atoms with van der Waals surface area (Å²) in [5.74, 6) is 0.140. The maximum Gasteiger partial charge on any atom is 0.410 e. The van der Waals surface area contributed by atoms with E-state index in [9.17, 15) is 14.4 Å². The Balaban J connectivity index is 1.41. The first-order chi connectivity index (χ1) is 13.5. The number of hydrogen-bond donors (Lipinski definition) is 0. The topological polar surface area (TPSA) is 83.0 Å². The molecule has 8 nitrogen and oxygen atoms in total. The van der Waals surface area contributed by atoms with Crippen molar-refractivity contribution in [2.45, 2.75) is 32.2 Å². The number of hydrogen-bond acceptors (Lipinski definition) is 5. The van der Waals surface area contributed by atoms with Crippen LogP contribution in [0.5, 0.6) is 0 Å². The average molecular weight is 386 g/mol. The molecule has 150 valence electrons. The summed E-state index contributed by atoms with van der Waals surface area (Å²) in [6.45, 7) is 3.51. The second kappa shape index (κ2) is 7.77. The van der Waals surface area contributed by atoms with Crippen molar-refractivity contribution in [2.24, 2.45) is 5.41 Å². The van der Waals surface area contributed by atoms with Crippen LogP contribution in [-0.2, 0) is 20.9 Å². The molecular formula is C20H26N4O4. The molecule has 4 heterocycles. The third-order valence-electron chi connectivity index (χ3n) is 6.06. The lowest BCUT2D eigenvalue weighted by molar-refractivity contribution is -0.143. The summed E-state index contributed by atoms with van der Waals surface area (Å²) in [7, 11) is 0. The van der Waals surface area contributed by atoms with Crippen LogP contribution in [0.25, 0.3) is 0 Å². The summed E-state index contributed by atoms with van der Waals surface area (Å²) in [6.07, 6.45) is 6.34. The van der Waals surface area contributed by atoms with Gasteiger partial charge in [0.05, 0.1) is 6.54 Å². The van der Waals surface area contributed by atoms with Crippen molar-refractivity contribution >= 4 is 17.9 Å². The van der Waals surface area contributed by atoms with Crippen molar-refractivity contribution in [1.82, 2.24) is 19.7 Å². The zero-order valence-corrected chi connectivity index (χ0v) is 16.0.